The first-order valence-electron chi connectivity index (χ1n) is 10.9. The van der Waals surface area contributed by atoms with E-state index in [9.17, 15) is 4.79 Å². The fraction of sp³-hybridized carbons (Fsp3) is 0.480. The Hall–Kier alpha value is -2.29. The van der Waals surface area contributed by atoms with Gasteiger partial charge in [0.25, 0.3) is 5.91 Å². The van der Waals surface area contributed by atoms with E-state index in [-0.39, 0.29) is 11.9 Å². The molecule has 0 radical (unpaired) electrons. The molecule has 0 bridgehead atoms. The number of benzene rings is 2. The predicted octanol–water partition coefficient (Wildman–Crippen LogP) is 5.29. The summed E-state index contributed by atoms with van der Waals surface area (Å²) in [5.74, 6) is 0.790. The lowest BCUT2D eigenvalue weighted by atomic mass is 9.90. The van der Waals surface area contributed by atoms with E-state index in [1.807, 2.05) is 6.07 Å². The molecule has 2 unspecified atom stereocenters. The molecule has 2 aromatic rings. The van der Waals surface area contributed by atoms with Crippen LogP contribution in [0.5, 0.6) is 0 Å². The summed E-state index contributed by atoms with van der Waals surface area (Å²) in [6.07, 6.45) is 7.35. The molecule has 2 aromatic carbocycles. The van der Waals surface area contributed by atoms with E-state index >= 15 is 0 Å². The van der Waals surface area contributed by atoms with Crippen molar-refractivity contribution in [3.8, 4) is 0 Å². The average Bonchev–Trinajstić information content (AvgIpc) is 2.73. The number of hydrogen-bond acceptors (Lipinski definition) is 2. The summed E-state index contributed by atoms with van der Waals surface area (Å²) in [6.45, 7) is 6.69. The van der Waals surface area contributed by atoms with Crippen molar-refractivity contribution in [3.63, 3.8) is 0 Å². The van der Waals surface area contributed by atoms with E-state index in [4.69, 9.17) is 0 Å². The van der Waals surface area contributed by atoms with Crippen molar-refractivity contribution in [3.05, 3.63) is 64.7 Å². The third kappa shape index (κ3) is 4.24. The molecule has 1 fully saturated rings. The van der Waals surface area contributed by atoms with Gasteiger partial charge in [-0.2, -0.15) is 0 Å². The van der Waals surface area contributed by atoms with Gasteiger partial charge < -0.3 is 10.2 Å². The predicted molar refractivity (Wildman–Crippen MR) is 116 cm³/mol. The molecular formula is C25H32N2O. The van der Waals surface area contributed by atoms with E-state index in [1.54, 1.807) is 0 Å². The molecule has 2 atom stereocenters. The molecule has 2 aliphatic rings. The second-order valence-corrected chi connectivity index (χ2v) is 8.67. The molecule has 1 heterocycles. The maximum absolute atomic E-state index is 12.7. The zero-order chi connectivity index (χ0) is 19.5. The van der Waals surface area contributed by atoms with E-state index in [0.717, 1.165) is 43.0 Å². The van der Waals surface area contributed by atoms with Gasteiger partial charge in [0, 0.05) is 24.3 Å². The third-order valence-corrected chi connectivity index (χ3v) is 6.37. The molecule has 0 saturated carbocycles. The van der Waals surface area contributed by atoms with Gasteiger partial charge in [-0.1, -0.05) is 25.1 Å². The van der Waals surface area contributed by atoms with Crippen LogP contribution in [0.1, 0.15) is 72.6 Å². The van der Waals surface area contributed by atoms with Gasteiger partial charge in [-0.15, -0.1) is 0 Å². The first-order chi connectivity index (χ1) is 13.6. The minimum absolute atomic E-state index is 0.00198. The number of nitrogens with zero attached hydrogens (tertiary/aromatic N) is 1. The molecular weight excluding hydrogens is 344 g/mol. The maximum atomic E-state index is 12.7. The lowest BCUT2D eigenvalue weighted by Gasteiger charge is -2.33. The van der Waals surface area contributed by atoms with E-state index in [2.05, 4.69) is 60.5 Å². The molecule has 3 nitrogen and oxygen atoms in total. The fourth-order valence-electron chi connectivity index (χ4n) is 4.64. The summed E-state index contributed by atoms with van der Waals surface area (Å²) in [7, 11) is 0. The molecule has 1 saturated heterocycles. The largest absolute Gasteiger partial charge is 0.371 e. The van der Waals surface area contributed by atoms with Crippen LogP contribution in [-0.4, -0.2) is 19.0 Å². The number of piperidine rings is 1. The van der Waals surface area contributed by atoms with Crippen LogP contribution in [0.2, 0.25) is 0 Å². The highest BCUT2D eigenvalue weighted by molar-refractivity contribution is 5.94. The van der Waals surface area contributed by atoms with Gasteiger partial charge in [-0.3, -0.25) is 4.79 Å². The highest BCUT2D eigenvalue weighted by Crippen LogP contribution is 2.25. The Morgan fingerprint density at radius 1 is 1.04 bits per heavy atom. The van der Waals surface area contributed by atoms with Gasteiger partial charge in [-0.05, 0) is 92.3 Å². The zero-order valence-electron chi connectivity index (χ0n) is 17.2. The maximum Gasteiger partial charge on any atom is 0.251 e. The van der Waals surface area contributed by atoms with Gasteiger partial charge >= 0.3 is 0 Å². The van der Waals surface area contributed by atoms with Crippen LogP contribution in [0.25, 0.3) is 0 Å². The van der Waals surface area contributed by atoms with Crippen molar-refractivity contribution in [2.45, 2.75) is 58.4 Å². The van der Waals surface area contributed by atoms with Crippen molar-refractivity contribution in [1.29, 1.82) is 0 Å². The number of carbonyl (C=O) groups is 1. The number of hydrogen-bond donors (Lipinski definition) is 1. The van der Waals surface area contributed by atoms with E-state index < -0.39 is 0 Å². The first-order valence-corrected chi connectivity index (χ1v) is 10.9. The molecule has 148 valence electrons. The fourth-order valence-corrected chi connectivity index (χ4v) is 4.64. The van der Waals surface area contributed by atoms with Gasteiger partial charge in [0.1, 0.15) is 0 Å². The van der Waals surface area contributed by atoms with Crippen molar-refractivity contribution in [2.75, 3.05) is 18.0 Å². The third-order valence-electron chi connectivity index (χ3n) is 6.37. The van der Waals surface area contributed by atoms with Crippen molar-refractivity contribution in [2.24, 2.45) is 5.92 Å². The van der Waals surface area contributed by atoms with Crippen molar-refractivity contribution >= 4 is 11.6 Å². The monoisotopic (exact) mass is 376 g/mol. The second kappa shape index (κ2) is 8.38. The van der Waals surface area contributed by atoms with Gasteiger partial charge in [-0.25, -0.2) is 0 Å². The number of nitrogens with one attached hydrogen (secondary N) is 1. The van der Waals surface area contributed by atoms with Gasteiger partial charge in [0.2, 0.25) is 0 Å². The molecule has 1 amide bonds. The molecule has 4 rings (SSSR count). The van der Waals surface area contributed by atoms with Crippen molar-refractivity contribution in [1.82, 2.24) is 5.32 Å². The summed E-state index contributed by atoms with van der Waals surface area (Å²) < 4.78 is 0. The molecule has 0 spiro atoms. The van der Waals surface area contributed by atoms with E-state index in [0.29, 0.717) is 0 Å². The Bertz CT molecular complexity index is 827. The lowest BCUT2D eigenvalue weighted by Crippen LogP contribution is -2.34. The second-order valence-electron chi connectivity index (χ2n) is 8.67. The average molecular weight is 377 g/mol. The quantitative estimate of drug-likeness (QED) is 0.786. The SMILES string of the molecule is CC1CCCN(c2ccc(C(C)NC(=O)c3ccc4c(c3)CCCC4)cc2)C1. The van der Waals surface area contributed by atoms with Crippen LogP contribution < -0.4 is 10.2 Å². The van der Waals surface area contributed by atoms with Crippen LogP contribution in [0.3, 0.4) is 0 Å². The van der Waals surface area contributed by atoms with Crippen molar-refractivity contribution < 1.29 is 4.79 Å². The molecule has 0 aromatic heterocycles. The van der Waals surface area contributed by atoms with Gasteiger partial charge in [0.15, 0.2) is 0 Å². The Balaban J connectivity index is 1.40. The standard InChI is InChI=1S/C25H32N2O/c1-18-6-5-15-27(17-18)24-13-11-20(12-14-24)19(2)26-25(28)23-10-9-21-7-3-4-8-22(21)16-23/h9-14,16,18-19H,3-8,15,17H2,1-2H3,(H,26,28). The van der Waals surface area contributed by atoms with E-state index in [1.165, 1.54) is 42.5 Å². The number of aryl methyl sites for hydroxylation is 2. The lowest BCUT2D eigenvalue weighted by molar-refractivity contribution is 0.0939. The Morgan fingerprint density at radius 3 is 2.54 bits per heavy atom. The smallest absolute Gasteiger partial charge is 0.251 e. The Morgan fingerprint density at radius 2 is 1.79 bits per heavy atom. The normalized spacial score (nSPS) is 20.4. The molecule has 3 heteroatoms. The highest BCUT2D eigenvalue weighted by atomic mass is 16.1. The number of amides is 1. The number of rotatable bonds is 4. The summed E-state index contributed by atoms with van der Waals surface area (Å²) in [5.41, 5.74) is 6.00. The summed E-state index contributed by atoms with van der Waals surface area (Å²) in [5, 5.41) is 3.17. The topological polar surface area (TPSA) is 32.3 Å². The summed E-state index contributed by atoms with van der Waals surface area (Å²) in [6, 6.07) is 14.9. The number of fused-ring (bicyclic) bond motifs is 1. The molecule has 1 N–H and O–H groups in total. The molecule has 1 aliphatic heterocycles. The van der Waals surface area contributed by atoms with Crippen LogP contribution in [0, 0.1) is 5.92 Å². The van der Waals surface area contributed by atoms with Crippen LogP contribution in [-0.2, 0) is 12.8 Å². The number of carbonyl (C=O) groups excluding carboxylic acids is 1. The van der Waals surface area contributed by atoms with Crippen LogP contribution >= 0.6 is 0 Å². The van der Waals surface area contributed by atoms with Gasteiger partial charge in [0.05, 0.1) is 6.04 Å². The Kier molecular flexibility index (Phi) is 5.70. The Labute approximate surface area is 169 Å². The highest BCUT2D eigenvalue weighted by Gasteiger charge is 2.18. The summed E-state index contributed by atoms with van der Waals surface area (Å²) >= 11 is 0. The molecule has 1 aliphatic carbocycles. The molecule has 28 heavy (non-hydrogen) atoms. The van der Waals surface area contributed by atoms with Crippen LogP contribution in [0.4, 0.5) is 5.69 Å². The minimum Gasteiger partial charge on any atom is -0.371 e. The number of anilines is 1. The zero-order valence-corrected chi connectivity index (χ0v) is 17.2. The minimum atomic E-state index is -0.00198. The summed E-state index contributed by atoms with van der Waals surface area (Å²) in [4.78, 5) is 15.2. The first kappa shape index (κ1) is 19.0. The van der Waals surface area contributed by atoms with Crippen LogP contribution in [0.15, 0.2) is 42.5 Å².